The lowest BCUT2D eigenvalue weighted by Crippen LogP contribution is -2.51. The number of benzene rings is 1. The number of carbonyl (C=O) groups excluding carboxylic acids is 2. The molecule has 2 atom stereocenters. The number of aromatic nitrogens is 1. The van der Waals surface area contributed by atoms with Gasteiger partial charge in [-0.2, -0.15) is 0 Å². The Bertz CT molecular complexity index is 708. The highest BCUT2D eigenvalue weighted by atomic mass is 16.3. The minimum Gasteiger partial charge on any atom is -0.394 e. The minimum absolute atomic E-state index is 0.149. The zero-order valence-electron chi connectivity index (χ0n) is 14.3. The SMILES string of the molecule is CC(CO)NC(=O)C(Cc1c[nH]c2ccccc12)NC(=O)C(C)C. The molecule has 0 spiro atoms. The second kappa shape index (κ2) is 7.97. The van der Waals surface area contributed by atoms with Gasteiger partial charge in [0.2, 0.25) is 11.8 Å². The molecule has 0 aliphatic rings. The fourth-order valence-corrected chi connectivity index (χ4v) is 2.46. The van der Waals surface area contributed by atoms with Crippen molar-refractivity contribution >= 4 is 22.7 Å². The van der Waals surface area contributed by atoms with Gasteiger partial charge in [0.05, 0.1) is 6.61 Å². The van der Waals surface area contributed by atoms with Gasteiger partial charge in [-0.15, -0.1) is 0 Å². The molecular formula is C18H25N3O3. The number of hydrogen-bond acceptors (Lipinski definition) is 3. The fourth-order valence-electron chi connectivity index (χ4n) is 2.46. The van der Waals surface area contributed by atoms with Crippen LogP contribution in [-0.2, 0) is 16.0 Å². The molecule has 2 unspecified atom stereocenters. The third kappa shape index (κ3) is 4.35. The molecule has 0 aliphatic carbocycles. The van der Waals surface area contributed by atoms with E-state index in [-0.39, 0.29) is 30.4 Å². The smallest absolute Gasteiger partial charge is 0.243 e. The van der Waals surface area contributed by atoms with Crippen molar-refractivity contribution in [2.75, 3.05) is 6.61 Å². The van der Waals surface area contributed by atoms with E-state index in [2.05, 4.69) is 15.6 Å². The van der Waals surface area contributed by atoms with Crippen molar-refractivity contribution < 1.29 is 14.7 Å². The molecule has 24 heavy (non-hydrogen) atoms. The summed E-state index contributed by atoms with van der Waals surface area (Å²) in [5.74, 6) is -0.680. The van der Waals surface area contributed by atoms with Gasteiger partial charge in [-0.1, -0.05) is 32.0 Å². The number of para-hydroxylation sites is 1. The van der Waals surface area contributed by atoms with E-state index in [4.69, 9.17) is 5.11 Å². The third-order valence-electron chi connectivity index (χ3n) is 3.92. The number of rotatable bonds is 7. The highest BCUT2D eigenvalue weighted by Crippen LogP contribution is 2.19. The normalized spacial score (nSPS) is 13.7. The van der Waals surface area contributed by atoms with Gasteiger partial charge in [0, 0.05) is 35.5 Å². The largest absolute Gasteiger partial charge is 0.394 e. The molecule has 2 amide bonds. The standard InChI is InChI=1S/C18H25N3O3/c1-11(2)17(23)21-16(18(24)20-12(3)10-22)8-13-9-19-15-7-5-4-6-14(13)15/h4-7,9,11-12,16,19,22H,8,10H2,1-3H3,(H,20,24)(H,21,23). The second-order valence-electron chi connectivity index (χ2n) is 6.37. The summed E-state index contributed by atoms with van der Waals surface area (Å²) in [5.41, 5.74) is 1.96. The average molecular weight is 331 g/mol. The zero-order chi connectivity index (χ0) is 17.7. The summed E-state index contributed by atoms with van der Waals surface area (Å²) in [5, 5.41) is 15.7. The molecule has 0 saturated heterocycles. The highest BCUT2D eigenvalue weighted by Gasteiger charge is 2.24. The van der Waals surface area contributed by atoms with E-state index in [1.54, 1.807) is 20.8 Å². The van der Waals surface area contributed by atoms with E-state index in [1.165, 1.54) is 0 Å². The Morgan fingerprint density at radius 2 is 1.83 bits per heavy atom. The molecular weight excluding hydrogens is 306 g/mol. The van der Waals surface area contributed by atoms with Gasteiger partial charge in [0.15, 0.2) is 0 Å². The van der Waals surface area contributed by atoms with Crippen LogP contribution in [0.5, 0.6) is 0 Å². The van der Waals surface area contributed by atoms with E-state index >= 15 is 0 Å². The van der Waals surface area contributed by atoms with Crippen molar-refractivity contribution in [2.45, 2.75) is 39.3 Å². The number of nitrogens with one attached hydrogen (secondary N) is 3. The van der Waals surface area contributed by atoms with Gasteiger partial charge in [-0.3, -0.25) is 9.59 Å². The Hall–Kier alpha value is -2.34. The number of amides is 2. The van der Waals surface area contributed by atoms with Crippen molar-refractivity contribution in [3.8, 4) is 0 Å². The first-order valence-electron chi connectivity index (χ1n) is 8.19. The van der Waals surface area contributed by atoms with Crippen LogP contribution in [0.25, 0.3) is 10.9 Å². The van der Waals surface area contributed by atoms with Crippen LogP contribution in [0.2, 0.25) is 0 Å². The Morgan fingerprint density at radius 3 is 2.50 bits per heavy atom. The Morgan fingerprint density at radius 1 is 1.12 bits per heavy atom. The van der Waals surface area contributed by atoms with E-state index in [0.717, 1.165) is 16.5 Å². The first kappa shape index (κ1) is 18.0. The van der Waals surface area contributed by atoms with Gasteiger partial charge in [-0.05, 0) is 18.6 Å². The molecule has 1 aromatic carbocycles. The molecule has 2 rings (SSSR count). The maximum Gasteiger partial charge on any atom is 0.243 e. The van der Waals surface area contributed by atoms with Crippen LogP contribution in [0.1, 0.15) is 26.3 Å². The molecule has 1 aromatic heterocycles. The first-order valence-corrected chi connectivity index (χ1v) is 8.19. The lowest BCUT2D eigenvalue weighted by atomic mass is 10.0. The number of carbonyl (C=O) groups is 2. The maximum absolute atomic E-state index is 12.5. The minimum atomic E-state index is -0.687. The molecule has 0 saturated carbocycles. The topological polar surface area (TPSA) is 94.2 Å². The second-order valence-corrected chi connectivity index (χ2v) is 6.37. The first-order chi connectivity index (χ1) is 11.4. The molecule has 4 N–H and O–H groups in total. The Kier molecular flexibility index (Phi) is 5.98. The molecule has 0 bridgehead atoms. The number of aliphatic hydroxyl groups excluding tert-OH is 1. The van der Waals surface area contributed by atoms with Crippen LogP contribution >= 0.6 is 0 Å². The van der Waals surface area contributed by atoms with Crippen molar-refractivity contribution in [3.05, 3.63) is 36.0 Å². The number of hydrogen-bond donors (Lipinski definition) is 4. The van der Waals surface area contributed by atoms with E-state index in [1.807, 2.05) is 30.5 Å². The zero-order valence-corrected chi connectivity index (χ0v) is 14.3. The fraction of sp³-hybridized carbons (Fsp3) is 0.444. The van der Waals surface area contributed by atoms with Crippen molar-refractivity contribution in [3.63, 3.8) is 0 Å². The molecule has 1 heterocycles. The van der Waals surface area contributed by atoms with Crippen molar-refractivity contribution in [1.29, 1.82) is 0 Å². The number of aromatic amines is 1. The monoisotopic (exact) mass is 331 g/mol. The summed E-state index contributed by atoms with van der Waals surface area (Å²) in [6.45, 7) is 5.13. The predicted molar refractivity (Wildman–Crippen MR) is 93.5 cm³/mol. The van der Waals surface area contributed by atoms with Gasteiger partial charge in [-0.25, -0.2) is 0 Å². The van der Waals surface area contributed by atoms with Crippen molar-refractivity contribution in [1.82, 2.24) is 15.6 Å². The molecule has 6 nitrogen and oxygen atoms in total. The van der Waals surface area contributed by atoms with Gasteiger partial charge in [0.1, 0.15) is 6.04 Å². The number of fused-ring (bicyclic) bond motifs is 1. The third-order valence-corrected chi connectivity index (χ3v) is 3.92. The van der Waals surface area contributed by atoms with Gasteiger partial charge < -0.3 is 20.7 Å². The summed E-state index contributed by atoms with van der Waals surface area (Å²) in [6, 6.07) is 6.78. The molecule has 6 heteroatoms. The Balaban J connectivity index is 2.21. The molecule has 0 aliphatic heterocycles. The van der Waals surface area contributed by atoms with Crippen LogP contribution < -0.4 is 10.6 Å². The molecule has 0 fully saturated rings. The predicted octanol–water partition coefficient (Wildman–Crippen LogP) is 1.35. The van der Waals surface area contributed by atoms with Crippen LogP contribution in [0.3, 0.4) is 0 Å². The van der Waals surface area contributed by atoms with Gasteiger partial charge >= 0.3 is 0 Å². The van der Waals surface area contributed by atoms with Crippen LogP contribution in [-0.4, -0.2) is 40.6 Å². The van der Waals surface area contributed by atoms with Crippen molar-refractivity contribution in [2.24, 2.45) is 5.92 Å². The number of aliphatic hydroxyl groups is 1. The van der Waals surface area contributed by atoms with E-state index < -0.39 is 6.04 Å². The van der Waals surface area contributed by atoms with Crippen LogP contribution in [0.15, 0.2) is 30.5 Å². The van der Waals surface area contributed by atoms with Gasteiger partial charge in [0.25, 0.3) is 0 Å². The summed E-state index contributed by atoms with van der Waals surface area (Å²) in [6.07, 6.45) is 2.24. The maximum atomic E-state index is 12.5. The Labute approximate surface area is 141 Å². The van der Waals surface area contributed by atoms with E-state index in [0.29, 0.717) is 6.42 Å². The molecule has 2 aromatic rings. The molecule has 0 radical (unpaired) electrons. The van der Waals surface area contributed by atoms with E-state index in [9.17, 15) is 9.59 Å². The summed E-state index contributed by atoms with van der Waals surface area (Å²) >= 11 is 0. The summed E-state index contributed by atoms with van der Waals surface area (Å²) in [4.78, 5) is 27.7. The highest BCUT2D eigenvalue weighted by molar-refractivity contribution is 5.90. The lowest BCUT2D eigenvalue weighted by Gasteiger charge is -2.21. The van der Waals surface area contributed by atoms with Crippen LogP contribution in [0.4, 0.5) is 0 Å². The quantitative estimate of drug-likeness (QED) is 0.617. The van der Waals surface area contributed by atoms with Crippen LogP contribution in [0, 0.1) is 5.92 Å². The lowest BCUT2D eigenvalue weighted by molar-refractivity contribution is -0.131. The molecule has 130 valence electrons. The number of H-pyrrole nitrogens is 1. The summed E-state index contributed by atoms with van der Waals surface area (Å²) in [7, 11) is 0. The average Bonchev–Trinajstić information content (AvgIpc) is 2.97. The summed E-state index contributed by atoms with van der Waals surface area (Å²) < 4.78 is 0.